The Labute approximate surface area is 167 Å². The SMILES string of the molecule is CN(C)C(=O)CCc1ccc(CC2CCN(C(=O)c3ccccn3)CC2)cc1. The van der Waals surface area contributed by atoms with Crippen molar-refractivity contribution in [3.8, 4) is 0 Å². The smallest absolute Gasteiger partial charge is 0.272 e. The van der Waals surface area contributed by atoms with Crippen molar-refractivity contribution in [1.82, 2.24) is 14.8 Å². The lowest BCUT2D eigenvalue weighted by atomic mass is 9.89. The Morgan fingerprint density at radius 3 is 2.32 bits per heavy atom. The molecule has 0 bridgehead atoms. The summed E-state index contributed by atoms with van der Waals surface area (Å²) in [6, 6.07) is 14.1. The number of nitrogens with zero attached hydrogens (tertiary/aromatic N) is 3. The van der Waals surface area contributed by atoms with E-state index in [9.17, 15) is 9.59 Å². The zero-order chi connectivity index (χ0) is 19.9. The van der Waals surface area contributed by atoms with E-state index < -0.39 is 0 Å². The second kappa shape index (κ2) is 9.49. The number of rotatable bonds is 6. The van der Waals surface area contributed by atoms with E-state index in [-0.39, 0.29) is 11.8 Å². The highest BCUT2D eigenvalue weighted by molar-refractivity contribution is 5.92. The van der Waals surface area contributed by atoms with Crippen molar-refractivity contribution in [2.75, 3.05) is 27.2 Å². The lowest BCUT2D eigenvalue weighted by Gasteiger charge is -2.32. The summed E-state index contributed by atoms with van der Waals surface area (Å²) < 4.78 is 0. The number of benzene rings is 1. The molecule has 0 saturated carbocycles. The average Bonchev–Trinajstić information content (AvgIpc) is 2.73. The van der Waals surface area contributed by atoms with Crippen LogP contribution in [0.25, 0.3) is 0 Å². The van der Waals surface area contributed by atoms with Crippen molar-refractivity contribution >= 4 is 11.8 Å². The third-order valence-corrected chi connectivity index (χ3v) is 5.46. The van der Waals surface area contributed by atoms with Crippen LogP contribution in [-0.2, 0) is 17.6 Å². The minimum absolute atomic E-state index is 0.0377. The summed E-state index contributed by atoms with van der Waals surface area (Å²) in [6.07, 6.45) is 6.10. The van der Waals surface area contributed by atoms with Crippen molar-refractivity contribution in [3.05, 3.63) is 65.5 Å². The fourth-order valence-corrected chi connectivity index (χ4v) is 3.64. The summed E-state index contributed by atoms with van der Waals surface area (Å²) in [4.78, 5) is 31.9. The predicted molar refractivity (Wildman–Crippen MR) is 110 cm³/mol. The molecule has 0 radical (unpaired) electrons. The van der Waals surface area contributed by atoms with E-state index in [4.69, 9.17) is 0 Å². The van der Waals surface area contributed by atoms with E-state index in [0.29, 0.717) is 18.0 Å². The lowest BCUT2D eigenvalue weighted by Crippen LogP contribution is -2.39. The molecule has 1 aromatic heterocycles. The molecule has 148 valence electrons. The molecule has 1 fully saturated rings. The zero-order valence-corrected chi connectivity index (χ0v) is 16.8. The van der Waals surface area contributed by atoms with Gasteiger partial charge in [-0.25, -0.2) is 0 Å². The first-order valence-electron chi connectivity index (χ1n) is 10.0. The molecule has 1 aromatic carbocycles. The van der Waals surface area contributed by atoms with Gasteiger partial charge < -0.3 is 9.80 Å². The number of hydrogen-bond donors (Lipinski definition) is 0. The summed E-state index contributed by atoms with van der Waals surface area (Å²) in [5, 5.41) is 0. The molecule has 0 atom stereocenters. The molecule has 1 aliphatic rings. The highest BCUT2D eigenvalue weighted by Crippen LogP contribution is 2.23. The molecule has 0 N–H and O–H groups in total. The molecular formula is C23H29N3O2. The maximum atomic E-state index is 12.5. The van der Waals surface area contributed by atoms with Crippen molar-refractivity contribution < 1.29 is 9.59 Å². The molecule has 2 amide bonds. The van der Waals surface area contributed by atoms with E-state index in [1.807, 2.05) is 17.0 Å². The number of likely N-dealkylation sites (tertiary alicyclic amines) is 1. The van der Waals surface area contributed by atoms with Crippen LogP contribution < -0.4 is 0 Å². The van der Waals surface area contributed by atoms with Crippen LogP contribution in [0.3, 0.4) is 0 Å². The van der Waals surface area contributed by atoms with Gasteiger partial charge in [0.05, 0.1) is 0 Å². The van der Waals surface area contributed by atoms with Crippen LogP contribution >= 0.6 is 0 Å². The van der Waals surface area contributed by atoms with Gasteiger partial charge in [0, 0.05) is 39.8 Å². The first-order valence-corrected chi connectivity index (χ1v) is 10.0. The number of hydrogen-bond acceptors (Lipinski definition) is 3. The summed E-state index contributed by atoms with van der Waals surface area (Å²) >= 11 is 0. The molecule has 28 heavy (non-hydrogen) atoms. The molecule has 0 unspecified atom stereocenters. The van der Waals surface area contributed by atoms with Gasteiger partial charge in [0.1, 0.15) is 5.69 Å². The monoisotopic (exact) mass is 379 g/mol. The maximum Gasteiger partial charge on any atom is 0.272 e. The standard InChI is InChI=1S/C23H29N3O2/c1-25(2)22(27)11-10-18-6-8-19(9-7-18)17-20-12-15-26(16-13-20)23(28)21-5-3-4-14-24-21/h3-9,14,20H,10-13,15-17H2,1-2H3. The molecule has 5 nitrogen and oxygen atoms in total. The van der Waals surface area contributed by atoms with Crippen LogP contribution in [-0.4, -0.2) is 53.8 Å². The van der Waals surface area contributed by atoms with Gasteiger partial charge >= 0.3 is 0 Å². The van der Waals surface area contributed by atoms with Crippen molar-refractivity contribution in [2.24, 2.45) is 5.92 Å². The second-order valence-corrected chi connectivity index (χ2v) is 7.76. The topological polar surface area (TPSA) is 53.5 Å². The molecule has 2 heterocycles. The second-order valence-electron chi connectivity index (χ2n) is 7.76. The van der Waals surface area contributed by atoms with Gasteiger partial charge in [0.2, 0.25) is 5.91 Å². The Balaban J connectivity index is 1.45. The van der Waals surface area contributed by atoms with Gasteiger partial charge in [-0.1, -0.05) is 30.3 Å². The van der Waals surface area contributed by atoms with Crippen LogP contribution in [0.2, 0.25) is 0 Å². The van der Waals surface area contributed by atoms with Crippen LogP contribution in [0.4, 0.5) is 0 Å². The summed E-state index contributed by atoms with van der Waals surface area (Å²) in [7, 11) is 3.58. The minimum atomic E-state index is 0.0377. The average molecular weight is 380 g/mol. The normalized spacial score (nSPS) is 14.7. The van der Waals surface area contributed by atoms with E-state index in [0.717, 1.165) is 38.8 Å². The van der Waals surface area contributed by atoms with Crippen LogP contribution in [0.1, 0.15) is 40.9 Å². The Kier molecular flexibility index (Phi) is 6.80. The first kappa shape index (κ1) is 20.1. The predicted octanol–water partition coefficient (Wildman–Crippen LogP) is 3.20. The van der Waals surface area contributed by atoms with Gasteiger partial charge in [0.15, 0.2) is 0 Å². The number of aromatic nitrogens is 1. The van der Waals surface area contributed by atoms with Gasteiger partial charge in [-0.05, 0) is 54.9 Å². The Bertz CT molecular complexity index is 779. The highest BCUT2D eigenvalue weighted by Gasteiger charge is 2.24. The Morgan fingerprint density at radius 2 is 1.71 bits per heavy atom. The van der Waals surface area contributed by atoms with E-state index in [1.165, 1.54) is 11.1 Å². The van der Waals surface area contributed by atoms with Crippen molar-refractivity contribution in [1.29, 1.82) is 0 Å². The highest BCUT2D eigenvalue weighted by atomic mass is 16.2. The number of carbonyl (C=O) groups excluding carboxylic acids is 2. The minimum Gasteiger partial charge on any atom is -0.349 e. The van der Waals surface area contributed by atoms with Crippen LogP contribution in [0.5, 0.6) is 0 Å². The molecule has 0 aliphatic carbocycles. The third-order valence-electron chi connectivity index (χ3n) is 5.46. The molecule has 1 saturated heterocycles. The zero-order valence-electron chi connectivity index (χ0n) is 16.8. The number of pyridine rings is 1. The number of piperidine rings is 1. The Morgan fingerprint density at radius 1 is 1.04 bits per heavy atom. The maximum absolute atomic E-state index is 12.5. The van der Waals surface area contributed by atoms with Gasteiger partial charge in [-0.3, -0.25) is 14.6 Å². The molecule has 1 aliphatic heterocycles. The molecular weight excluding hydrogens is 350 g/mol. The molecule has 0 spiro atoms. The van der Waals surface area contributed by atoms with Crippen molar-refractivity contribution in [3.63, 3.8) is 0 Å². The van der Waals surface area contributed by atoms with Crippen molar-refractivity contribution in [2.45, 2.75) is 32.1 Å². The lowest BCUT2D eigenvalue weighted by molar-refractivity contribution is -0.128. The first-order chi connectivity index (χ1) is 13.5. The molecule has 2 aromatic rings. The largest absolute Gasteiger partial charge is 0.349 e. The van der Waals surface area contributed by atoms with Crippen LogP contribution in [0.15, 0.2) is 48.7 Å². The van der Waals surface area contributed by atoms with E-state index >= 15 is 0 Å². The van der Waals surface area contributed by atoms with E-state index in [1.54, 1.807) is 31.3 Å². The van der Waals surface area contributed by atoms with Gasteiger partial charge in [0.25, 0.3) is 5.91 Å². The molecule has 5 heteroatoms. The Hall–Kier alpha value is -2.69. The fraction of sp³-hybridized carbons (Fsp3) is 0.435. The number of carbonyl (C=O) groups is 2. The molecule has 3 rings (SSSR count). The third kappa shape index (κ3) is 5.41. The number of amides is 2. The van der Waals surface area contributed by atoms with Gasteiger partial charge in [-0.15, -0.1) is 0 Å². The quantitative estimate of drug-likeness (QED) is 0.774. The van der Waals surface area contributed by atoms with E-state index in [2.05, 4.69) is 29.2 Å². The summed E-state index contributed by atoms with van der Waals surface area (Å²) in [6.45, 7) is 1.59. The van der Waals surface area contributed by atoms with Gasteiger partial charge in [-0.2, -0.15) is 0 Å². The summed E-state index contributed by atoms with van der Waals surface area (Å²) in [5.41, 5.74) is 3.07. The number of aryl methyl sites for hydroxylation is 1. The fourth-order valence-electron chi connectivity index (χ4n) is 3.64. The summed E-state index contributed by atoms with van der Waals surface area (Å²) in [5.74, 6) is 0.806. The van der Waals surface area contributed by atoms with Crippen LogP contribution in [0, 0.1) is 5.92 Å².